The summed E-state index contributed by atoms with van der Waals surface area (Å²) in [6.45, 7) is 7.08. The molecule has 0 aromatic heterocycles. The number of fused-ring (bicyclic) bond motifs is 3. The van der Waals surface area contributed by atoms with Gasteiger partial charge in [-0.3, -0.25) is 0 Å². The summed E-state index contributed by atoms with van der Waals surface area (Å²) >= 11 is 0. The van der Waals surface area contributed by atoms with Crippen molar-refractivity contribution in [3.63, 3.8) is 0 Å². The Morgan fingerprint density at radius 2 is 1.59 bits per heavy atom. The summed E-state index contributed by atoms with van der Waals surface area (Å²) in [5, 5.41) is 0. The number of hydrogen-bond acceptors (Lipinski definition) is 0. The normalized spacial score (nSPS) is 19.0. The maximum atomic E-state index is 2.36. The van der Waals surface area contributed by atoms with Gasteiger partial charge in [0.15, 0.2) is 0 Å². The second-order valence-corrected chi connectivity index (χ2v) is 7.45. The lowest BCUT2D eigenvalue weighted by molar-refractivity contribution is 0.363. The van der Waals surface area contributed by atoms with E-state index in [-0.39, 0.29) is 5.41 Å². The van der Waals surface area contributed by atoms with E-state index in [9.17, 15) is 0 Å². The van der Waals surface area contributed by atoms with Crippen LogP contribution >= 0.6 is 0 Å². The topological polar surface area (TPSA) is 0 Å². The molecule has 0 nitrogen and oxygen atoms in total. The summed E-state index contributed by atoms with van der Waals surface area (Å²) < 4.78 is 0. The van der Waals surface area contributed by atoms with Gasteiger partial charge in [-0.1, -0.05) is 81.5 Å². The third kappa shape index (κ3) is 1.90. The molecule has 0 saturated carbocycles. The lowest BCUT2D eigenvalue weighted by Gasteiger charge is -2.30. The first kappa shape index (κ1) is 13.6. The average Bonchev–Trinajstić information content (AvgIpc) is 3.12. The van der Waals surface area contributed by atoms with Gasteiger partial charge in [-0.15, -0.1) is 0 Å². The average molecular weight is 286 g/mol. The molecule has 0 saturated heterocycles. The Bertz CT molecular complexity index is 797. The number of hydrogen-bond donors (Lipinski definition) is 0. The van der Waals surface area contributed by atoms with Gasteiger partial charge in [0.25, 0.3) is 0 Å². The van der Waals surface area contributed by atoms with Gasteiger partial charge < -0.3 is 0 Å². The van der Waals surface area contributed by atoms with E-state index in [0.717, 1.165) is 6.42 Å². The van der Waals surface area contributed by atoms with Crippen LogP contribution in [0, 0.1) is 5.41 Å². The van der Waals surface area contributed by atoms with Gasteiger partial charge in [0.05, 0.1) is 0 Å². The highest BCUT2D eigenvalue weighted by Gasteiger charge is 2.38. The summed E-state index contributed by atoms with van der Waals surface area (Å²) in [4.78, 5) is 0. The summed E-state index contributed by atoms with van der Waals surface area (Å²) in [5.41, 5.74) is 8.87. The predicted octanol–water partition coefficient (Wildman–Crippen LogP) is 6.19. The number of rotatable bonds is 1. The first-order valence-corrected chi connectivity index (χ1v) is 8.16. The van der Waals surface area contributed by atoms with E-state index < -0.39 is 0 Å². The molecule has 0 N–H and O–H groups in total. The lowest BCUT2D eigenvalue weighted by atomic mass is 9.73. The van der Waals surface area contributed by atoms with Crippen LogP contribution in [0.1, 0.15) is 49.8 Å². The van der Waals surface area contributed by atoms with Crippen molar-refractivity contribution in [2.75, 3.05) is 0 Å². The van der Waals surface area contributed by atoms with Crippen LogP contribution in [0.2, 0.25) is 0 Å². The molecule has 0 amide bonds. The first-order chi connectivity index (χ1) is 10.6. The maximum Gasteiger partial charge on any atom is 0.0156 e. The highest BCUT2D eigenvalue weighted by molar-refractivity contribution is 5.88. The molecule has 0 radical (unpaired) electrons. The fourth-order valence-corrected chi connectivity index (χ4v) is 4.07. The SMILES string of the molecule is CC(C)(C)C1c2ccccc2-c2cccc(C3=CCC=C3)c21. The van der Waals surface area contributed by atoms with Crippen LogP contribution in [0.3, 0.4) is 0 Å². The summed E-state index contributed by atoms with van der Waals surface area (Å²) in [7, 11) is 0. The molecule has 0 fully saturated rings. The molecule has 0 heterocycles. The minimum absolute atomic E-state index is 0.209. The second-order valence-electron chi connectivity index (χ2n) is 7.45. The molecule has 110 valence electrons. The fourth-order valence-electron chi connectivity index (χ4n) is 4.07. The molecule has 4 rings (SSSR count). The highest BCUT2D eigenvalue weighted by atomic mass is 14.4. The monoisotopic (exact) mass is 286 g/mol. The van der Waals surface area contributed by atoms with Crippen molar-refractivity contribution in [1.29, 1.82) is 0 Å². The molecule has 0 heteroatoms. The van der Waals surface area contributed by atoms with E-state index in [1.54, 1.807) is 0 Å². The van der Waals surface area contributed by atoms with Gasteiger partial charge in [0.2, 0.25) is 0 Å². The van der Waals surface area contributed by atoms with Crippen LogP contribution in [0.15, 0.2) is 60.7 Å². The zero-order chi connectivity index (χ0) is 15.3. The minimum Gasteiger partial charge on any atom is -0.0801 e. The van der Waals surface area contributed by atoms with Crippen molar-refractivity contribution in [2.24, 2.45) is 5.41 Å². The lowest BCUT2D eigenvalue weighted by Crippen LogP contribution is -2.18. The van der Waals surface area contributed by atoms with Gasteiger partial charge in [0.1, 0.15) is 0 Å². The van der Waals surface area contributed by atoms with Crippen molar-refractivity contribution < 1.29 is 0 Å². The van der Waals surface area contributed by atoms with Gasteiger partial charge >= 0.3 is 0 Å². The molecule has 2 aromatic rings. The van der Waals surface area contributed by atoms with Gasteiger partial charge in [-0.05, 0) is 45.2 Å². The predicted molar refractivity (Wildman–Crippen MR) is 94.9 cm³/mol. The molecular formula is C22H22. The number of benzene rings is 2. The van der Waals surface area contributed by atoms with Crippen molar-refractivity contribution in [3.8, 4) is 11.1 Å². The van der Waals surface area contributed by atoms with Crippen molar-refractivity contribution in [1.82, 2.24) is 0 Å². The zero-order valence-corrected chi connectivity index (χ0v) is 13.6. The highest BCUT2D eigenvalue weighted by Crippen LogP contribution is 2.54. The number of allylic oxidation sites excluding steroid dienone is 4. The molecule has 0 bridgehead atoms. The fraction of sp³-hybridized carbons (Fsp3) is 0.273. The zero-order valence-electron chi connectivity index (χ0n) is 13.6. The van der Waals surface area contributed by atoms with Crippen LogP contribution in [-0.4, -0.2) is 0 Å². The molecule has 1 unspecified atom stereocenters. The van der Waals surface area contributed by atoms with Crippen molar-refractivity contribution >= 4 is 5.57 Å². The first-order valence-electron chi connectivity index (χ1n) is 8.16. The van der Waals surface area contributed by atoms with E-state index in [1.807, 2.05) is 0 Å². The van der Waals surface area contributed by atoms with Crippen LogP contribution in [0.5, 0.6) is 0 Å². The van der Waals surface area contributed by atoms with Crippen LogP contribution in [-0.2, 0) is 0 Å². The Balaban J connectivity index is 2.03. The Hall–Kier alpha value is -2.08. The standard InChI is InChI=1S/C22H22/c1-22(2,3)21-19-12-7-6-11-17(19)18-14-8-13-16(20(18)21)15-9-4-5-10-15/h4,6-14,21H,5H2,1-3H3. The Labute approximate surface area is 133 Å². The van der Waals surface area contributed by atoms with Crippen LogP contribution < -0.4 is 0 Å². The molecule has 0 spiro atoms. The van der Waals surface area contributed by atoms with Gasteiger partial charge in [-0.25, -0.2) is 0 Å². The summed E-state index contributed by atoms with van der Waals surface area (Å²) in [6.07, 6.45) is 7.94. The van der Waals surface area contributed by atoms with E-state index in [0.29, 0.717) is 5.92 Å². The molecule has 1 atom stereocenters. The molecular weight excluding hydrogens is 264 g/mol. The van der Waals surface area contributed by atoms with E-state index in [1.165, 1.54) is 33.4 Å². The maximum absolute atomic E-state index is 2.36. The molecule has 0 aliphatic heterocycles. The smallest absolute Gasteiger partial charge is 0.0156 e. The molecule has 2 aliphatic carbocycles. The van der Waals surface area contributed by atoms with E-state index in [4.69, 9.17) is 0 Å². The summed E-state index contributed by atoms with van der Waals surface area (Å²) in [5.74, 6) is 0.463. The van der Waals surface area contributed by atoms with Crippen LogP contribution in [0.25, 0.3) is 16.7 Å². The summed E-state index contributed by atoms with van der Waals surface area (Å²) in [6, 6.07) is 15.7. The van der Waals surface area contributed by atoms with Crippen molar-refractivity contribution in [2.45, 2.75) is 33.1 Å². The third-order valence-corrected chi connectivity index (χ3v) is 4.91. The Morgan fingerprint density at radius 1 is 0.864 bits per heavy atom. The largest absolute Gasteiger partial charge is 0.0801 e. The Morgan fingerprint density at radius 3 is 2.32 bits per heavy atom. The van der Waals surface area contributed by atoms with Crippen molar-refractivity contribution in [3.05, 3.63) is 77.4 Å². The van der Waals surface area contributed by atoms with E-state index in [2.05, 4.69) is 81.5 Å². The molecule has 22 heavy (non-hydrogen) atoms. The Kier molecular flexibility index (Phi) is 2.91. The second kappa shape index (κ2) is 4.71. The van der Waals surface area contributed by atoms with Crippen LogP contribution in [0.4, 0.5) is 0 Å². The quantitative estimate of drug-likeness (QED) is 0.586. The van der Waals surface area contributed by atoms with E-state index >= 15 is 0 Å². The minimum atomic E-state index is 0.209. The molecule has 2 aliphatic rings. The van der Waals surface area contributed by atoms with Gasteiger partial charge in [0, 0.05) is 5.92 Å². The third-order valence-electron chi connectivity index (χ3n) is 4.91. The van der Waals surface area contributed by atoms with Gasteiger partial charge in [-0.2, -0.15) is 0 Å². The molecule has 2 aromatic carbocycles.